The summed E-state index contributed by atoms with van der Waals surface area (Å²) >= 11 is 1.61. The summed E-state index contributed by atoms with van der Waals surface area (Å²) in [7, 11) is 1.59. The highest BCUT2D eigenvalue weighted by atomic mass is 32.1. The number of nitrogens with zero attached hydrogens (tertiary/aromatic N) is 1. The summed E-state index contributed by atoms with van der Waals surface area (Å²) < 4.78 is 5.18. The molecule has 1 aromatic heterocycles. The molecule has 0 bridgehead atoms. The zero-order valence-electron chi connectivity index (χ0n) is 14.7. The molecule has 3 rings (SSSR count). The van der Waals surface area contributed by atoms with Crippen LogP contribution in [-0.2, 0) is 11.3 Å². The topological polar surface area (TPSA) is 70.7 Å². The van der Waals surface area contributed by atoms with E-state index in [2.05, 4.69) is 10.6 Å². The van der Waals surface area contributed by atoms with E-state index in [9.17, 15) is 9.59 Å². The third-order valence-electron chi connectivity index (χ3n) is 4.41. The van der Waals surface area contributed by atoms with Gasteiger partial charge in [-0.25, -0.2) is 4.79 Å². The molecule has 26 heavy (non-hydrogen) atoms. The molecule has 1 saturated heterocycles. The van der Waals surface area contributed by atoms with Gasteiger partial charge in [0.1, 0.15) is 5.75 Å². The number of thiophene rings is 1. The van der Waals surface area contributed by atoms with Crippen LogP contribution in [0.15, 0.2) is 41.8 Å². The molecule has 0 aliphatic carbocycles. The van der Waals surface area contributed by atoms with Crippen LogP contribution in [0.5, 0.6) is 5.75 Å². The van der Waals surface area contributed by atoms with Gasteiger partial charge < -0.3 is 20.3 Å². The molecule has 0 radical (unpaired) electrons. The monoisotopic (exact) mass is 373 g/mol. The summed E-state index contributed by atoms with van der Waals surface area (Å²) in [6.45, 7) is 1.64. The van der Waals surface area contributed by atoms with Gasteiger partial charge in [-0.2, -0.15) is 0 Å². The lowest BCUT2D eigenvalue weighted by atomic mass is 9.97. The highest BCUT2D eigenvalue weighted by Gasteiger charge is 2.28. The molecule has 1 aliphatic heterocycles. The van der Waals surface area contributed by atoms with Gasteiger partial charge in [-0.15, -0.1) is 11.3 Å². The summed E-state index contributed by atoms with van der Waals surface area (Å²) in [6, 6.07) is 11.1. The number of methoxy groups -OCH3 is 1. The normalized spacial score (nSPS) is 16.8. The van der Waals surface area contributed by atoms with E-state index in [1.54, 1.807) is 29.4 Å². The number of anilines is 1. The van der Waals surface area contributed by atoms with E-state index in [1.807, 2.05) is 35.7 Å². The molecule has 2 aromatic rings. The maximum atomic E-state index is 12.6. The lowest BCUT2D eigenvalue weighted by Gasteiger charge is -2.32. The first kappa shape index (κ1) is 18.3. The number of benzene rings is 1. The standard InChI is InChI=1S/C19H23N3O3S/c1-25-16-7-2-6-15(11-16)21-18(23)14-5-3-9-22(13-14)19(24)20-12-17-8-4-10-26-17/h2,4,6-8,10-11,14H,3,5,9,12-13H2,1H3,(H,20,24)(H,21,23). The number of ether oxygens (including phenoxy) is 1. The number of hydrogen-bond donors (Lipinski definition) is 2. The maximum absolute atomic E-state index is 12.6. The molecule has 1 fully saturated rings. The van der Waals surface area contributed by atoms with E-state index in [-0.39, 0.29) is 17.9 Å². The average Bonchev–Trinajstić information content (AvgIpc) is 3.20. The molecular formula is C19H23N3O3S. The van der Waals surface area contributed by atoms with Crippen LogP contribution in [-0.4, -0.2) is 37.0 Å². The van der Waals surface area contributed by atoms with Crippen LogP contribution in [0, 0.1) is 5.92 Å². The zero-order valence-corrected chi connectivity index (χ0v) is 15.6. The number of rotatable bonds is 5. The number of carbonyl (C=O) groups excluding carboxylic acids is 2. The molecule has 2 N–H and O–H groups in total. The van der Waals surface area contributed by atoms with E-state index in [0.717, 1.165) is 17.7 Å². The molecule has 1 unspecified atom stereocenters. The fraction of sp³-hybridized carbons (Fsp3) is 0.368. The Balaban J connectivity index is 1.53. The van der Waals surface area contributed by atoms with Crippen molar-refractivity contribution in [2.45, 2.75) is 19.4 Å². The van der Waals surface area contributed by atoms with E-state index in [0.29, 0.717) is 31.1 Å². The van der Waals surface area contributed by atoms with Crippen LogP contribution in [0.2, 0.25) is 0 Å². The van der Waals surface area contributed by atoms with Crippen molar-refractivity contribution in [3.05, 3.63) is 46.7 Å². The Bertz CT molecular complexity index is 748. The third-order valence-corrected chi connectivity index (χ3v) is 5.29. The second-order valence-corrected chi connectivity index (χ2v) is 7.28. The predicted molar refractivity (Wildman–Crippen MR) is 102 cm³/mol. The first-order chi connectivity index (χ1) is 12.7. The summed E-state index contributed by atoms with van der Waals surface area (Å²) in [6.07, 6.45) is 1.60. The molecule has 6 nitrogen and oxygen atoms in total. The Morgan fingerprint density at radius 1 is 1.31 bits per heavy atom. The number of nitrogens with one attached hydrogen (secondary N) is 2. The summed E-state index contributed by atoms with van der Waals surface area (Å²) in [5.41, 5.74) is 0.702. The van der Waals surface area contributed by atoms with Gasteiger partial charge in [-0.3, -0.25) is 4.79 Å². The van der Waals surface area contributed by atoms with Crippen molar-refractivity contribution < 1.29 is 14.3 Å². The van der Waals surface area contributed by atoms with E-state index in [1.165, 1.54) is 0 Å². The van der Waals surface area contributed by atoms with Gasteiger partial charge in [-0.05, 0) is 36.4 Å². The number of carbonyl (C=O) groups is 2. The second-order valence-electron chi connectivity index (χ2n) is 6.24. The van der Waals surface area contributed by atoms with E-state index in [4.69, 9.17) is 4.74 Å². The molecule has 138 valence electrons. The zero-order chi connectivity index (χ0) is 18.4. The van der Waals surface area contributed by atoms with Crippen molar-refractivity contribution in [1.29, 1.82) is 0 Å². The third kappa shape index (κ3) is 4.76. The SMILES string of the molecule is COc1cccc(NC(=O)C2CCCN(C(=O)NCc3cccs3)C2)c1. The number of likely N-dealkylation sites (tertiary alicyclic amines) is 1. The molecule has 0 saturated carbocycles. The molecule has 7 heteroatoms. The van der Waals surface area contributed by atoms with Crippen LogP contribution < -0.4 is 15.4 Å². The molecular weight excluding hydrogens is 350 g/mol. The fourth-order valence-corrected chi connectivity index (χ4v) is 3.65. The molecule has 3 amide bonds. The number of piperidine rings is 1. The van der Waals surface area contributed by atoms with Crippen LogP contribution in [0.3, 0.4) is 0 Å². The van der Waals surface area contributed by atoms with Crippen molar-refractivity contribution in [3.8, 4) is 5.75 Å². The molecule has 0 spiro atoms. The van der Waals surface area contributed by atoms with Crippen LogP contribution in [0.1, 0.15) is 17.7 Å². The largest absolute Gasteiger partial charge is 0.497 e. The van der Waals surface area contributed by atoms with E-state index >= 15 is 0 Å². The fourth-order valence-electron chi connectivity index (χ4n) is 3.01. The first-order valence-electron chi connectivity index (χ1n) is 8.66. The smallest absolute Gasteiger partial charge is 0.317 e. The molecule has 2 heterocycles. The van der Waals surface area contributed by atoms with Gasteiger partial charge in [0.15, 0.2) is 0 Å². The van der Waals surface area contributed by atoms with Crippen LogP contribution in [0.4, 0.5) is 10.5 Å². The lowest BCUT2D eigenvalue weighted by Crippen LogP contribution is -2.47. The van der Waals surface area contributed by atoms with E-state index < -0.39 is 0 Å². The highest BCUT2D eigenvalue weighted by molar-refractivity contribution is 7.09. The molecule has 1 aliphatic rings. The molecule has 1 aromatic carbocycles. The number of amides is 3. The minimum absolute atomic E-state index is 0.0611. The predicted octanol–water partition coefficient (Wildman–Crippen LogP) is 3.32. The average molecular weight is 373 g/mol. The Kier molecular flexibility index (Phi) is 6.12. The Morgan fingerprint density at radius 3 is 2.96 bits per heavy atom. The van der Waals surface area contributed by atoms with Gasteiger partial charge in [0.05, 0.1) is 19.6 Å². The summed E-state index contributed by atoms with van der Waals surface area (Å²) in [4.78, 5) is 27.8. The van der Waals surface area contributed by atoms with Gasteiger partial charge in [0.2, 0.25) is 5.91 Å². The Morgan fingerprint density at radius 2 is 2.19 bits per heavy atom. The summed E-state index contributed by atoms with van der Waals surface area (Å²) in [5, 5.41) is 7.84. The minimum atomic E-state index is -0.206. The maximum Gasteiger partial charge on any atom is 0.317 e. The highest BCUT2D eigenvalue weighted by Crippen LogP contribution is 2.21. The van der Waals surface area contributed by atoms with Gasteiger partial charge in [0, 0.05) is 29.7 Å². The van der Waals surface area contributed by atoms with Crippen LogP contribution in [0.25, 0.3) is 0 Å². The first-order valence-corrected chi connectivity index (χ1v) is 9.54. The van der Waals surface area contributed by atoms with Crippen molar-refractivity contribution in [2.24, 2.45) is 5.92 Å². The minimum Gasteiger partial charge on any atom is -0.497 e. The lowest BCUT2D eigenvalue weighted by molar-refractivity contribution is -0.121. The Hall–Kier alpha value is -2.54. The molecule has 1 atom stereocenters. The summed E-state index contributed by atoms with van der Waals surface area (Å²) in [5.74, 6) is 0.428. The van der Waals surface area contributed by atoms with Crippen molar-refractivity contribution in [2.75, 3.05) is 25.5 Å². The van der Waals surface area contributed by atoms with Crippen molar-refractivity contribution in [3.63, 3.8) is 0 Å². The van der Waals surface area contributed by atoms with Gasteiger partial charge in [0.25, 0.3) is 0 Å². The number of hydrogen-bond acceptors (Lipinski definition) is 4. The van der Waals surface area contributed by atoms with Crippen LogP contribution >= 0.6 is 11.3 Å². The quantitative estimate of drug-likeness (QED) is 0.845. The van der Waals surface area contributed by atoms with Gasteiger partial charge >= 0.3 is 6.03 Å². The number of urea groups is 1. The van der Waals surface area contributed by atoms with Crippen molar-refractivity contribution >= 4 is 29.0 Å². The van der Waals surface area contributed by atoms with Crippen molar-refractivity contribution in [1.82, 2.24) is 10.2 Å². The Labute approximate surface area is 157 Å². The second kappa shape index (κ2) is 8.71. The van der Waals surface area contributed by atoms with Gasteiger partial charge in [-0.1, -0.05) is 12.1 Å².